The highest BCUT2D eigenvalue weighted by Gasteiger charge is 2.28. The summed E-state index contributed by atoms with van der Waals surface area (Å²) in [6.07, 6.45) is 0. The number of benzene rings is 1. The predicted octanol–water partition coefficient (Wildman–Crippen LogP) is 3.60. The van der Waals surface area contributed by atoms with Crippen molar-refractivity contribution in [1.82, 2.24) is 14.9 Å². The molecule has 0 aliphatic carbocycles. The van der Waals surface area contributed by atoms with E-state index in [1.54, 1.807) is 6.07 Å². The van der Waals surface area contributed by atoms with Crippen molar-refractivity contribution >= 4 is 11.0 Å². The lowest BCUT2D eigenvalue weighted by atomic mass is 10.0. The van der Waals surface area contributed by atoms with Gasteiger partial charge in [0.05, 0.1) is 11.1 Å². The number of rotatable bonds is 4. The fourth-order valence-electron chi connectivity index (χ4n) is 2.57. The van der Waals surface area contributed by atoms with E-state index in [1.165, 1.54) is 6.07 Å². The van der Waals surface area contributed by atoms with E-state index in [0.29, 0.717) is 5.52 Å². The van der Waals surface area contributed by atoms with E-state index in [9.17, 15) is 4.39 Å². The second-order valence-corrected chi connectivity index (χ2v) is 5.66. The molecule has 1 aromatic carbocycles. The predicted molar refractivity (Wildman–Crippen MR) is 76.8 cm³/mol. The normalized spacial score (nSPS) is 12.6. The zero-order valence-corrected chi connectivity index (χ0v) is 12.3. The Kier molecular flexibility index (Phi) is 3.63. The highest BCUT2D eigenvalue weighted by Crippen LogP contribution is 2.29. The third-order valence-corrected chi connectivity index (χ3v) is 3.37. The van der Waals surface area contributed by atoms with Gasteiger partial charge in [0, 0.05) is 6.04 Å². The summed E-state index contributed by atoms with van der Waals surface area (Å²) in [7, 11) is 0. The number of para-hydroxylation sites is 1. The van der Waals surface area contributed by atoms with Crippen molar-refractivity contribution in [3.63, 3.8) is 0 Å². The van der Waals surface area contributed by atoms with Crippen LogP contribution in [0.25, 0.3) is 11.0 Å². The molecule has 0 radical (unpaired) electrons. The van der Waals surface area contributed by atoms with Crippen molar-refractivity contribution in [2.24, 2.45) is 0 Å². The van der Waals surface area contributed by atoms with Crippen LogP contribution < -0.4 is 5.32 Å². The smallest absolute Gasteiger partial charge is 0.151 e. The second-order valence-electron chi connectivity index (χ2n) is 5.66. The first-order valence-electron chi connectivity index (χ1n) is 6.80. The SMILES string of the molecule is CCNC(C)(C)c1nc2c(F)cccc2n1C(C)C. The van der Waals surface area contributed by atoms with Crippen LogP contribution in [0.2, 0.25) is 0 Å². The maximum atomic E-state index is 13.9. The van der Waals surface area contributed by atoms with Crippen LogP contribution in [-0.2, 0) is 5.54 Å². The highest BCUT2D eigenvalue weighted by molar-refractivity contribution is 5.77. The molecule has 0 fully saturated rings. The molecule has 1 aromatic heterocycles. The molecular formula is C15H22FN3. The largest absolute Gasteiger partial charge is 0.324 e. The molecule has 0 bridgehead atoms. The van der Waals surface area contributed by atoms with E-state index < -0.39 is 0 Å². The minimum absolute atomic E-state index is 0.236. The number of hydrogen-bond acceptors (Lipinski definition) is 2. The Morgan fingerprint density at radius 3 is 2.63 bits per heavy atom. The van der Waals surface area contributed by atoms with E-state index in [4.69, 9.17) is 0 Å². The van der Waals surface area contributed by atoms with Gasteiger partial charge in [-0.2, -0.15) is 0 Å². The van der Waals surface area contributed by atoms with Gasteiger partial charge in [-0.1, -0.05) is 13.0 Å². The van der Waals surface area contributed by atoms with Crippen molar-refractivity contribution in [2.75, 3.05) is 6.54 Å². The average molecular weight is 263 g/mol. The molecule has 0 aliphatic heterocycles. The summed E-state index contributed by atoms with van der Waals surface area (Å²) in [5.74, 6) is 0.620. The minimum atomic E-state index is -0.287. The maximum Gasteiger partial charge on any atom is 0.151 e. The number of imidazole rings is 1. The van der Waals surface area contributed by atoms with Gasteiger partial charge in [0.2, 0.25) is 0 Å². The number of nitrogens with zero attached hydrogens (tertiary/aromatic N) is 2. The van der Waals surface area contributed by atoms with E-state index >= 15 is 0 Å². The standard InChI is InChI=1S/C15H22FN3/c1-6-17-15(4,5)14-18-13-11(16)8-7-9-12(13)19(14)10(2)3/h7-10,17H,6H2,1-5H3. The third kappa shape index (κ3) is 2.37. The second kappa shape index (κ2) is 4.93. The monoisotopic (exact) mass is 263 g/mol. The van der Waals surface area contributed by atoms with E-state index in [2.05, 4.69) is 49.5 Å². The summed E-state index contributed by atoms with van der Waals surface area (Å²) in [5.41, 5.74) is 1.03. The molecule has 0 saturated carbocycles. The summed E-state index contributed by atoms with van der Waals surface area (Å²) < 4.78 is 16.0. The van der Waals surface area contributed by atoms with E-state index in [-0.39, 0.29) is 17.4 Å². The van der Waals surface area contributed by atoms with Gasteiger partial charge in [-0.25, -0.2) is 9.37 Å². The molecule has 1 N–H and O–H groups in total. The van der Waals surface area contributed by atoms with Gasteiger partial charge in [0.15, 0.2) is 5.82 Å². The Balaban J connectivity index is 2.73. The summed E-state index contributed by atoms with van der Waals surface area (Å²) in [6, 6.07) is 5.36. The lowest BCUT2D eigenvalue weighted by molar-refractivity contribution is 0.367. The number of fused-ring (bicyclic) bond motifs is 1. The van der Waals surface area contributed by atoms with Crippen molar-refractivity contribution in [2.45, 2.75) is 46.2 Å². The molecule has 0 unspecified atom stereocenters. The molecule has 0 saturated heterocycles. The Hall–Kier alpha value is -1.42. The highest BCUT2D eigenvalue weighted by atomic mass is 19.1. The fraction of sp³-hybridized carbons (Fsp3) is 0.533. The number of nitrogens with one attached hydrogen (secondary N) is 1. The number of halogens is 1. The average Bonchev–Trinajstić information content (AvgIpc) is 2.70. The van der Waals surface area contributed by atoms with E-state index in [0.717, 1.165) is 17.9 Å². The molecule has 0 amide bonds. The fourth-order valence-corrected chi connectivity index (χ4v) is 2.57. The van der Waals surface area contributed by atoms with Gasteiger partial charge < -0.3 is 9.88 Å². The van der Waals surface area contributed by atoms with Gasteiger partial charge in [-0.05, 0) is 46.4 Å². The molecule has 104 valence electrons. The molecule has 1 heterocycles. The lowest BCUT2D eigenvalue weighted by Gasteiger charge is -2.27. The Labute approximate surface area is 113 Å². The molecule has 0 spiro atoms. The molecule has 2 rings (SSSR count). The topological polar surface area (TPSA) is 29.9 Å². The lowest BCUT2D eigenvalue weighted by Crippen LogP contribution is -2.39. The Morgan fingerprint density at radius 2 is 2.05 bits per heavy atom. The van der Waals surface area contributed by atoms with Crippen LogP contribution in [0, 0.1) is 5.82 Å². The van der Waals surface area contributed by atoms with Crippen molar-refractivity contribution in [1.29, 1.82) is 0 Å². The number of hydrogen-bond donors (Lipinski definition) is 1. The first-order valence-corrected chi connectivity index (χ1v) is 6.80. The van der Waals surface area contributed by atoms with Crippen LogP contribution in [0.1, 0.15) is 46.5 Å². The molecule has 0 atom stereocenters. The summed E-state index contributed by atoms with van der Waals surface area (Å²) in [4.78, 5) is 4.55. The molecule has 3 nitrogen and oxygen atoms in total. The van der Waals surface area contributed by atoms with Gasteiger partial charge in [-0.3, -0.25) is 0 Å². The molecule has 0 aliphatic rings. The van der Waals surface area contributed by atoms with Gasteiger partial charge in [-0.15, -0.1) is 0 Å². The summed E-state index contributed by atoms with van der Waals surface area (Å²) >= 11 is 0. The van der Waals surface area contributed by atoms with Gasteiger partial charge in [0.1, 0.15) is 11.3 Å². The molecule has 4 heteroatoms. The van der Waals surface area contributed by atoms with Crippen LogP contribution in [0.5, 0.6) is 0 Å². The number of aromatic nitrogens is 2. The first-order chi connectivity index (χ1) is 8.88. The van der Waals surface area contributed by atoms with E-state index in [1.807, 2.05) is 6.07 Å². The third-order valence-electron chi connectivity index (χ3n) is 3.37. The maximum absolute atomic E-state index is 13.9. The zero-order chi connectivity index (χ0) is 14.2. The van der Waals surface area contributed by atoms with Gasteiger partial charge in [0.25, 0.3) is 0 Å². The summed E-state index contributed by atoms with van der Waals surface area (Å²) in [5, 5.41) is 3.41. The van der Waals surface area contributed by atoms with Crippen LogP contribution in [0.3, 0.4) is 0 Å². The quantitative estimate of drug-likeness (QED) is 0.913. The van der Waals surface area contributed by atoms with Crippen LogP contribution in [0.4, 0.5) is 4.39 Å². The van der Waals surface area contributed by atoms with Crippen molar-refractivity contribution in [3.05, 3.63) is 29.8 Å². The van der Waals surface area contributed by atoms with Crippen LogP contribution in [0.15, 0.2) is 18.2 Å². The molecular weight excluding hydrogens is 241 g/mol. The Bertz CT molecular complexity index is 584. The Morgan fingerprint density at radius 1 is 1.37 bits per heavy atom. The van der Waals surface area contributed by atoms with Gasteiger partial charge >= 0.3 is 0 Å². The minimum Gasteiger partial charge on any atom is -0.324 e. The first kappa shape index (κ1) is 14.0. The molecule has 19 heavy (non-hydrogen) atoms. The van der Waals surface area contributed by atoms with Crippen LogP contribution >= 0.6 is 0 Å². The van der Waals surface area contributed by atoms with Crippen molar-refractivity contribution in [3.8, 4) is 0 Å². The molecule has 2 aromatic rings. The summed E-state index contributed by atoms with van der Waals surface area (Å²) in [6.45, 7) is 11.2. The van der Waals surface area contributed by atoms with Crippen molar-refractivity contribution < 1.29 is 4.39 Å². The van der Waals surface area contributed by atoms with Crippen LogP contribution in [-0.4, -0.2) is 16.1 Å². The zero-order valence-electron chi connectivity index (χ0n) is 12.3.